The summed E-state index contributed by atoms with van der Waals surface area (Å²) < 4.78 is 25.9. The van der Waals surface area contributed by atoms with Crippen LogP contribution in [0.25, 0.3) is 0 Å². The van der Waals surface area contributed by atoms with Crippen LogP contribution in [0, 0.1) is 5.82 Å². The highest BCUT2D eigenvalue weighted by molar-refractivity contribution is 6.02. The number of piperidine rings is 1. The van der Waals surface area contributed by atoms with E-state index in [1.807, 2.05) is 6.07 Å². The SMILES string of the molecule is C=CC(=O)Nc1cc(Nc2ncc(F)c(O[C@@H]3CCN(C(C)=O)C3)n2)c(OC)cc1N1CCC(N(C)C)CC1. The predicted octanol–water partition coefficient (Wildman–Crippen LogP) is 3.02. The van der Waals surface area contributed by atoms with Gasteiger partial charge in [0, 0.05) is 45.1 Å². The van der Waals surface area contributed by atoms with E-state index in [0.29, 0.717) is 42.7 Å². The van der Waals surface area contributed by atoms with Crippen molar-refractivity contribution in [2.24, 2.45) is 0 Å². The first kappa shape index (κ1) is 28.1. The molecule has 1 atom stereocenters. The van der Waals surface area contributed by atoms with Crippen molar-refractivity contribution < 1.29 is 23.5 Å². The van der Waals surface area contributed by atoms with Gasteiger partial charge in [-0.3, -0.25) is 9.59 Å². The number of carbonyl (C=O) groups is 2. The van der Waals surface area contributed by atoms with Gasteiger partial charge in [-0.05, 0) is 39.1 Å². The zero-order chi connectivity index (χ0) is 28.1. The number of hydrogen-bond acceptors (Lipinski definition) is 9. The highest BCUT2D eigenvalue weighted by atomic mass is 19.1. The van der Waals surface area contributed by atoms with Crippen molar-refractivity contribution in [3.8, 4) is 11.6 Å². The van der Waals surface area contributed by atoms with Gasteiger partial charge < -0.3 is 34.8 Å². The molecular formula is C27H36FN7O4. The van der Waals surface area contributed by atoms with E-state index < -0.39 is 5.82 Å². The summed E-state index contributed by atoms with van der Waals surface area (Å²) in [6.07, 6.45) is 4.43. The lowest BCUT2D eigenvalue weighted by molar-refractivity contribution is -0.128. The van der Waals surface area contributed by atoms with Crippen molar-refractivity contribution in [3.05, 3.63) is 36.8 Å². The second kappa shape index (κ2) is 12.3. The first-order chi connectivity index (χ1) is 18.7. The minimum absolute atomic E-state index is 0.0522. The molecule has 0 bridgehead atoms. The van der Waals surface area contributed by atoms with Gasteiger partial charge in [0.2, 0.25) is 23.6 Å². The zero-order valence-electron chi connectivity index (χ0n) is 22.9. The maximum absolute atomic E-state index is 14.5. The van der Waals surface area contributed by atoms with E-state index in [9.17, 15) is 14.0 Å². The van der Waals surface area contributed by atoms with Gasteiger partial charge in [0.1, 0.15) is 11.9 Å². The summed E-state index contributed by atoms with van der Waals surface area (Å²) in [5, 5.41) is 5.95. The Bertz CT molecular complexity index is 1220. The Morgan fingerprint density at radius 1 is 1.18 bits per heavy atom. The first-order valence-electron chi connectivity index (χ1n) is 13.0. The van der Waals surface area contributed by atoms with Crippen LogP contribution in [0.5, 0.6) is 11.6 Å². The van der Waals surface area contributed by atoms with Crippen molar-refractivity contribution in [1.82, 2.24) is 19.8 Å². The summed E-state index contributed by atoms with van der Waals surface area (Å²) in [5.41, 5.74) is 1.87. The summed E-state index contributed by atoms with van der Waals surface area (Å²) in [4.78, 5) is 38.3. The smallest absolute Gasteiger partial charge is 0.255 e. The zero-order valence-corrected chi connectivity index (χ0v) is 22.9. The van der Waals surface area contributed by atoms with Gasteiger partial charge in [-0.25, -0.2) is 4.98 Å². The first-order valence-corrected chi connectivity index (χ1v) is 13.0. The predicted molar refractivity (Wildman–Crippen MR) is 147 cm³/mol. The number of benzene rings is 1. The van der Waals surface area contributed by atoms with Gasteiger partial charge >= 0.3 is 0 Å². The van der Waals surface area contributed by atoms with Crippen LogP contribution >= 0.6 is 0 Å². The molecular weight excluding hydrogens is 505 g/mol. The molecule has 2 N–H and O–H groups in total. The average Bonchev–Trinajstić information content (AvgIpc) is 3.40. The van der Waals surface area contributed by atoms with E-state index in [2.05, 4.69) is 51.1 Å². The number of amides is 2. The molecule has 2 aliphatic rings. The third-order valence-corrected chi connectivity index (χ3v) is 7.12. The molecule has 2 aromatic rings. The minimum atomic E-state index is -0.704. The van der Waals surface area contributed by atoms with E-state index in [-0.39, 0.29) is 29.7 Å². The summed E-state index contributed by atoms with van der Waals surface area (Å²) >= 11 is 0. The second-order valence-electron chi connectivity index (χ2n) is 9.91. The molecule has 3 heterocycles. The maximum atomic E-state index is 14.5. The van der Waals surface area contributed by atoms with Crippen molar-refractivity contribution in [3.63, 3.8) is 0 Å². The fraction of sp³-hybridized carbons (Fsp3) is 0.481. The summed E-state index contributed by atoms with van der Waals surface area (Å²) in [6, 6.07) is 4.09. The van der Waals surface area contributed by atoms with Gasteiger partial charge in [0.15, 0.2) is 0 Å². The summed E-state index contributed by atoms with van der Waals surface area (Å²) in [7, 11) is 5.72. The van der Waals surface area contributed by atoms with Crippen LogP contribution in [0.2, 0.25) is 0 Å². The summed E-state index contributed by atoms with van der Waals surface area (Å²) in [6.45, 7) is 7.61. The number of aromatic nitrogens is 2. The quantitative estimate of drug-likeness (QED) is 0.463. The molecule has 0 spiro atoms. The number of nitrogens with one attached hydrogen (secondary N) is 2. The number of methoxy groups -OCH3 is 1. The van der Waals surface area contributed by atoms with Gasteiger partial charge in [-0.2, -0.15) is 9.37 Å². The van der Waals surface area contributed by atoms with E-state index >= 15 is 0 Å². The van der Waals surface area contributed by atoms with Gasteiger partial charge in [-0.15, -0.1) is 0 Å². The lowest BCUT2D eigenvalue weighted by Crippen LogP contribution is -2.42. The molecule has 4 rings (SSSR count). The Balaban J connectivity index is 1.58. The molecule has 2 aliphatic heterocycles. The lowest BCUT2D eigenvalue weighted by atomic mass is 10.0. The third-order valence-electron chi connectivity index (χ3n) is 7.12. The van der Waals surface area contributed by atoms with Crippen LogP contribution in [0.4, 0.5) is 27.4 Å². The molecule has 39 heavy (non-hydrogen) atoms. The fourth-order valence-corrected chi connectivity index (χ4v) is 4.89. The number of nitrogens with zero attached hydrogens (tertiary/aromatic N) is 5. The molecule has 0 unspecified atom stereocenters. The molecule has 11 nitrogen and oxygen atoms in total. The van der Waals surface area contributed by atoms with Gasteiger partial charge in [0.25, 0.3) is 5.88 Å². The molecule has 0 saturated carbocycles. The number of ether oxygens (including phenoxy) is 2. The van der Waals surface area contributed by atoms with Crippen LogP contribution in [-0.2, 0) is 9.59 Å². The molecule has 2 fully saturated rings. The molecule has 1 aromatic heterocycles. The normalized spacial score (nSPS) is 17.7. The molecule has 2 saturated heterocycles. The number of halogens is 1. The average molecular weight is 542 g/mol. The van der Waals surface area contributed by atoms with Crippen molar-refractivity contribution in [1.29, 1.82) is 0 Å². The Hall–Kier alpha value is -3.93. The third kappa shape index (κ3) is 6.75. The van der Waals surface area contributed by atoms with E-state index in [0.717, 1.165) is 37.8 Å². The van der Waals surface area contributed by atoms with Crippen LogP contribution < -0.4 is 25.0 Å². The Morgan fingerprint density at radius 3 is 2.54 bits per heavy atom. The maximum Gasteiger partial charge on any atom is 0.255 e. The standard InChI is InChI=1S/C27H36FN7O4/c1-6-25(37)30-21-13-22(24(38-5)14-23(21)34-10-7-18(8-11-34)33(3)4)31-27-29-15-20(28)26(32-27)39-19-9-12-35(16-19)17(2)36/h6,13-15,18-19H,1,7-12,16H2,2-5H3,(H,30,37)(H,29,31,32)/t19-/m1/s1. The molecule has 1 aromatic carbocycles. The van der Waals surface area contributed by atoms with E-state index in [1.54, 1.807) is 18.1 Å². The second-order valence-corrected chi connectivity index (χ2v) is 9.91. The highest BCUT2D eigenvalue weighted by Crippen LogP contribution is 2.39. The minimum Gasteiger partial charge on any atom is -0.494 e. The molecule has 210 valence electrons. The summed E-state index contributed by atoms with van der Waals surface area (Å²) in [5.74, 6) is -0.720. The number of anilines is 4. The van der Waals surface area contributed by atoms with E-state index in [1.165, 1.54) is 13.0 Å². The van der Waals surface area contributed by atoms with Gasteiger partial charge in [-0.1, -0.05) is 6.58 Å². The number of likely N-dealkylation sites (tertiary alicyclic amines) is 1. The number of rotatable bonds is 9. The fourth-order valence-electron chi connectivity index (χ4n) is 4.89. The molecule has 2 amide bonds. The highest BCUT2D eigenvalue weighted by Gasteiger charge is 2.28. The Morgan fingerprint density at radius 2 is 1.92 bits per heavy atom. The number of hydrogen-bond donors (Lipinski definition) is 2. The Kier molecular flexibility index (Phi) is 8.85. The monoisotopic (exact) mass is 541 g/mol. The van der Waals surface area contributed by atoms with Gasteiger partial charge in [0.05, 0.1) is 36.9 Å². The van der Waals surface area contributed by atoms with Crippen LogP contribution in [-0.4, -0.2) is 91.1 Å². The number of carbonyl (C=O) groups excluding carboxylic acids is 2. The lowest BCUT2D eigenvalue weighted by Gasteiger charge is -2.37. The molecule has 12 heteroatoms. The van der Waals surface area contributed by atoms with Crippen LogP contribution in [0.1, 0.15) is 26.2 Å². The largest absolute Gasteiger partial charge is 0.494 e. The van der Waals surface area contributed by atoms with Crippen molar-refractivity contribution in [2.45, 2.75) is 38.3 Å². The van der Waals surface area contributed by atoms with Crippen molar-refractivity contribution in [2.75, 3.05) is 62.9 Å². The van der Waals surface area contributed by atoms with E-state index in [4.69, 9.17) is 9.47 Å². The molecule has 0 radical (unpaired) electrons. The molecule has 0 aliphatic carbocycles. The Labute approximate surface area is 228 Å². The van der Waals surface area contributed by atoms with Crippen molar-refractivity contribution >= 4 is 34.8 Å². The van der Waals surface area contributed by atoms with Crippen LogP contribution in [0.3, 0.4) is 0 Å². The topological polar surface area (TPSA) is 112 Å². The van der Waals surface area contributed by atoms with Crippen LogP contribution in [0.15, 0.2) is 31.0 Å².